The van der Waals surface area contributed by atoms with Gasteiger partial charge in [0.15, 0.2) is 0 Å². The van der Waals surface area contributed by atoms with Gasteiger partial charge in [0.25, 0.3) is 5.56 Å². The molecule has 0 bridgehead atoms. The Bertz CT molecular complexity index is 1990. The first-order chi connectivity index (χ1) is 18.2. The van der Waals surface area contributed by atoms with Gasteiger partial charge >= 0.3 is 0 Å². The fraction of sp³-hybridized carbons (Fsp3) is 0.0882. The number of fused-ring (bicyclic) bond motifs is 6. The van der Waals surface area contributed by atoms with Crippen molar-refractivity contribution in [1.82, 2.24) is 9.13 Å². The van der Waals surface area contributed by atoms with E-state index >= 15 is 0 Å². The summed E-state index contributed by atoms with van der Waals surface area (Å²) in [6.45, 7) is 2.21. The SMILES string of the molecule is CCCc1ccc(-n2c3ccccc3c3cc4c(cc32)c2ccccc2c(=O)n4-c2ccccc2)cc1. The maximum absolute atomic E-state index is 13.8. The number of rotatable bonds is 4. The predicted molar refractivity (Wildman–Crippen MR) is 155 cm³/mol. The lowest BCUT2D eigenvalue weighted by Crippen LogP contribution is -2.19. The topological polar surface area (TPSA) is 26.9 Å². The Kier molecular flexibility index (Phi) is 4.97. The Balaban J connectivity index is 1.65. The van der Waals surface area contributed by atoms with E-state index in [0.29, 0.717) is 0 Å². The molecule has 2 heterocycles. The molecule has 0 saturated carbocycles. The van der Waals surface area contributed by atoms with E-state index in [1.807, 2.05) is 53.1 Å². The van der Waals surface area contributed by atoms with Crippen molar-refractivity contribution >= 4 is 43.5 Å². The molecule has 2 aromatic heterocycles. The lowest BCUT2D eigenvalue weighted by molar-refractivity contribution is 0.921. The first-order valence-electron chi connectivity index (χ1n) is 12.9. The molecule has 0 atom stereocenters. The van der Waals surface area contributed by atoms with E-state index < -0.39 is 0 Å². The molecule has 37 heavy (non-hydrogen) atoms. The standard InChI is InChI=1S/C34H26N2O/c1-2-10-23-17-19-25(20-18-23)35-31-16-9-8-14-27(31)30-22-33-29(21-32(30)35)26-13-6-7-15-28(26)34(37)36(33)24-11-4-3-5-12-24/h3-9,11-22H,2,10H2,1H3. The van der Waals surface area contributed by atoms with Crippen LogP contribution in [0.15, 0.2) is 120 Å². The molecular weight excluding hydrogens is 452 g/mol. The maximum atomic E-state index is 13.8. The summed E-state index contributed by atoms with van der Waals surface area (Å²) in [5.41, 5.74) is 6.60. The van der Waals surface area contributed by atoms with Gasteiger partial charge in [-0.3, -0.25) is 9.36 Å². The molecule has 3 nitrogen and oxygen atoms in total. The van der Waals surface area contributed by atoms with E-state index in [1.165, 1.54) is 10.9 Å². The quantitative estimate of drug-likeness (QED) is 0.234. The van der Waals surface area contributed by atoms with Crippen molar-refractivity contribution in [1.29, 1.82) is 0 Å². The highest BCUT2D eigenvalue weighted by Gasteiger charge is 2.18. The summed E-state index contributed by atoms with van der Waals surface area (Å²) in [7, 11) is 0. The second-order valence-corrected chi connectivity index (χ2v) is 9.68. The highest BCUT2D eigenvalue weighted by atomic mass is 16.1. The van der Waals surface area contributed by atoms with Crippen LogP contribution in [0.3, 0.4) is 0 Å². The number of pyridine rings is 1. The Morgan fingerprint density at radius 2 is 1.08 bits per heavy atom. The molecule has 7 rings (SSSR count). The summed E-state index contributed by atoms with van der Waals surface area (Å²) in [4.78, 5) is 13.8. The molecule has 0 saturated heterocycles. The van der Waals surface area contributed by atoms with Crippen LogP contribution in [0, 0.1) is 0 Å². The van der Waals surface area contributed by atoms with Crippen LogP contribution in [0.4, 0.5) is 0 Å². The van der Waals surface area contributed by atoms with Crippen molar-refractivity contribution in [3.63, 3.8) is 0 Å². The third-order valence-electron chi connectivity index (χ3n) is 7.43. The number of aryl methyl sites for hydroxylation is 1. The van der Waals surface area contributed by atoms with E-state index in [-0.39, 0.29) is 5.56 Å². The van der Waals surface area contributed by atoms with E-state index in [1.54, 1.807) is 0 Å². The molecule has 0 fully saturated rings. The maximum Gasteiger partial charge on any atom is 0.263 e. The zero-order valence-electron chi connectivity index (χ0n) is 20.7. The number of nitrogens with zero attached hydrogens (tertiary/aromatic N) is 2. The molecule has 178 valence electrons. The molecule has 7 aromatic rings. The number of benzene rings is 5. The fourth-order valence-electron chi connectivity index (χ4n) is 5.75. The Morgan fingerprint density at radius 1 is 0.514 bits per heavy atom. The minimum Gasteiger partial charge on any atom is -0.309 e. The van der Waals surface area contributed by atoms with Crippen molar-refractivity contribution in [2.24, 2.45) is 0 Å². The van der Waals surface area contributed by atoms with E-state index in [0.717, 1.165) is 62.3 Å². The largest absolute Gasteiger partial charge is 0.309 e. The average Bonchev–Trinajstić information content (AvgIpc) is 3.27. The minimum absolute atomic E-state index is 0.00361. The first kappa shape index (κ1) is 21.6. The van der Waals surface area contributed by atoms with Gasteiger partial charge in [0, 0.05) is 32.9 Å². The molecule has 0 aliphatic carbocycles. The van der Waals surface area contributed by atoms with Crippen molar-refractivity contribution in [2.45, 2.75) is 19.8 Å². The Labute approximate surface area is 214 Å². The third-order valence-corrected chi connectivity index (χ3v) is 7.43. The highest BCUT2D eigenvalue weighted by molar-refractivity contribution is 6.17. The summed E-state index contributed by atoms with van der Waals surface area (Å²) in [5, 5.41) is 5.09. The zero-order chi connectivity index (χ0) is 24.9. The van der Waals surface area contributed by atoms with Crippen molar-refractivity contribution in [3.05, 3.63) is 131 Å². The van der Waals surface area contributed by atoms with Crippen molar-refractivity contribution in [3.8, 4) is 11.4 Å². The van der Waals surface area contributed by atoms with Gasteiger partial charge < -0.3 is 4.57 Å². The smallest absolute Gasteiger partial charge is 0.263 e. The van der Waals surface area contributed by atoms with Crippen LogP contribution in [-0.4, -0.2) is 9.13 Å². The number of para-hydroxylation sites is 2. The van der Waals surface area contributed by atoms with Gasteiger partial charge in [-0.15, -0.1) is 0 Å². The molecule has 5 aromatic carbocycles. The van der Waals surface area contributed by atoms with Gasteiger partial charge in [-0.2, -0.15) is 0 Å². The van der Waals surface area contributed by atoms with Gasteiger partial charge in [-0.1, -0.05) is 80.1 Å². The normalized spacial score (nSPS) is 11.7. The van der Waals surface area contributed by atoms with Gasteiger partial charge in [-0.25, -0.2) is 0 Å². The molecule has 0 aliphatic heterocycles. The highest BCUT2D eigenvalue weighted by Crippen LogP contribution is 2.36. The van der Waals surface area contributed by atoms with Crippen LogP contribution in [0.25, 0.3) is 54.9 Å². The lowest BCUT2D eigenvalue weighted by Gasteiger charge is -2.15. The average molecular weight is 479 g/mol. The van der Waals surface area contributed by atoms with E-state index in [2.05, 4.69) is 78.2 Å². The summed E-state index contributed by atoms with van der Waals surface area (Å²) in [5.74, 6) is 0. The molecule has 0 radical (unpaired) electrons. The monoisotopic (exact) mass is 478 g/mol. The number of hydrogen-bond acceptors (Lipinski definition) is 1. The minimum atomic E-state index is 0.00361. The summed E-state index contributed by atoms with van der Waals surface area (Å²) >= 11 is 0. The van der Waals surface area contributed by atoms with Crippen LogP contribution in [0.1, 0.15) is 18.9 Å². The Morgan fingerprint density at radius 3 is 1.81 bits per heavy atom. The van der Waals surface area contributed by atoms with Gasteiger partial charge in [0.2, 0.25) is 0 Å². The number of aromatic nitrogens is 2. The molecular formula is C34H26N2O. The molecule has 0 aliphatic rings. The van der Waals surface area contributed by atoms with Crippen molar-refractivity contribution < 1.29 is 0 Å². The molecule has 0 amide bonds. The second-order valence-electron chi connectivity index (χ2n) is 9.68. The van der Waals surface area contributed by atoms with Crippen LogP contribution in [0.5, 0.6) is 0 Å². The van der Waals surface area contributed by atoms with Crippen molar-refractivity contribution in [2.75, 3.05) is 0 Å². The summed E-state index contributed by atoms with van der Waals surface area (Å²) in [6, 6.07) is 39.8. The first-order valence-corrected chi connectivity index (χ1v) is 12.9. The van der Waals surface area contributed by atoms with E-state index in [9.17, 15) is 4.79 Å². The van der Waals surface area contributed by atoms with Gasteiger partial charge in [0.1, 0.15) is 0 Å². The third kappa shape index (κ3) is 3.31. The Hall–Kier alpha value is -4.63. The number of hydrogen-bond donors (Lipinski definition) is 0. The van der Waals surface area contributed by atoms with Crippen LogP contribution < -0.4 is 5.56 Å². The lowest BCUT2D eigenvalue weighted by atomic mass is 10.0. The van der Waals surface area contributed by atoms with Gasteiger partial charge in [-0.05, 0) is 65.9 Å². The summed E-state index contributed by atoms with van der Waals surface area (Å²) in [6.07, 6.45) is 2.22. The molecule has 0 N–H and O–H groups in total. The molecule has 0 unspecified atom stereocenters. The van der Waals surface area contributed by atoms with Gasteiger partial charge in [0.05, 0.1) is 16.6 Å². The zero-order valence-corrected chi connectivity index (χ0v) is 20.7. The second kappa shape index (κ2) is 8.49. The van der Waals surface area contributed by atoms with Crippen LogP contribution in [-0.2, 0) is 6.42 Å². The molecule has 3 heteroatoms. The van der Waals surface area contributed by atoms with Crippen LogP contribution >= 0.6 is 0 Å². The van der Waals surface area contributed by atoms with Crippen LogP contribution in [0.2, 0.25) is 0 Å². The molecule has 0 spiro atoms. The summed E-state index contributed by atoms with van der Waals surface area (Å²) < 4.78 is 4.22. The fourth-order valence-corrected chi connectivity index (χ4v) is 5.75. The predicted octanol–water partition coefficient (Wildman–Crippen LogP) is 8.19. The van der Waals surface area contributed by atoms with E-state index in [4.69, 9.17) is 0 Å².